The van der Waals surface area contributed by atoms with Gasteiger partial charge in [-0.15, -0.1) is 11.3 Å². The Balaban J connectivity index is 1.93. The number of fused-ring (bicyclic) bond motifs is 1. The van der Waals surface area contributed by atoms with Crippen molar-refractivity contribution in [2.75, 3.05) is 5.32 Å². The number of hydrogen-bond acceptors (Lipinski definition) is 3. The van der Waals surface area contributed by atoms with Gasteiger partial charge >= 0.3 is 5.97 Å². The fourth-order valence-electron chi connectivity index (χ4n) is 3.28. The molecule has 2 heterocycles. The molecule has 0 spiro atoms. The number of anilines is 1. The average molecular weight is 384 g/mol. The number of rotatable bonds is 3. The molecule has 4 rings (SSSR count). The van der Waals surface area contributed by atoms with Gasteiger partial charge < -0.3 is 10.4 Å². The second-order valence-electron chi connectivity index (χ2n) is 6.07. The number of carbonyl (C=O) groups is 2. The van der Waals surface area contributed by atoms with Crippen LogP contribution in [0.3, 0.4) is 0 Å². The van der Waals surface area contributed by atoms with Crippen molar-refractivity contribution < 1.29 is 14.7 Å². The molecule has 2 N–H and O–H groups in total. The van der Waals surface area contributed by atoms with E-state index in [9.17, 15) is 14.7 Å². The van der Waals surface area contributed by atoms with Gasteiger partial charge in [-0.2, -0.15) is 0 Å². The molecule has 130 valence electrons. The third-order valence-corrected chi connectivity index (χ3v) is 5.98. The van der Waals surface area contributed by atoms with E-state index in [1.807, 2.05) is 42.5 Å². The van der Waals surface area contributed by atoms with Crippen molar-refractivity contribution in [2.24, 2.45) is 0 Å². The SMILES string of the molecule is O=C1CC(c2ccc(Cl)cc2)c2sc(C(=O)O)c(-c3ccccc3)c2N1. The van der Waals surface area contributed by atoms with Crippen LogP contribution in [-0.2, 0) is 4.79 Å². The van der Waals surface area contributed by atoms with E-state index in [2.05, 4.69) is 5.32 Å². The normalized spacial score (nSPS) is 16.0. The minimum absolute atomic E-state index is 0.121. The summed E-state index contributed by atoms with van der Waals surface area (Å²) in [6, 6.07) is 16.6. The topological polar surface area (TPSA) is 66.4 Å². The summed E-state index contributed by atoms with van der Waals surface area (Å²) in [5.74, 6) is -1.30. The molecule has 1 unspecified atom stereocenters. The number of thiophene rings is 1. The summed E-state index contributed by atoms with van der Waals surface area (Å²) in [5, 5.41) is 13.2. The van der Waals surface area contributed by atoms with Gasteiger partial charge in [0.2, 0.25) is 5.91 Å². The molecule has 1 amide bonds. The van der Waals surface area contributed by atoms with E-state index in [1.54, 1.807) is 12.1 Å². The summed E-state index contributed by atoms with van der Waals surface area (Å²) < 4.78 is 0. The van der Waals surface area contributed by atoms with E-state index < -0.39 is 5.97 Å². The van der Waals surface area contributed by atoms with Crippen LogP contribution in [0.25, 0.3) is 11.1 Å². The Morgan fingerprint density at radius 1 is 1.12 bits per heavy atom. The number of carboxylic acid groups (broad SMARTS) is 1. The smallest absolute Gasteiger partial charge is 0.346 e. The minimum Gasteiger partial charge on any atom is -0.477 e. The summed E-state index contributed by atoms with van der Waals surface area (Å²) >= 11 is 7.20. The van der Waals surface area contributed by atoms with Crippen molar-refractivity contribution in [1.82, 2.24) is 0 Å². The number of carbonyl (C=O) groups excluding carboxylic acids is 1. The largest absolute Gasteiger partial charge is 0.477 e. The van der Waals surface area contributed by atoms with E-state index in [0.29, 0.717) is 16.3 Å². The molecule has 1 atom stereocenters. The average Bonchev–Trinajstić information content (AvgIpc) is 3.02. The first-order chi connectivity index (χ1) is 12.5. The van der Waals surface area contributed by atoms with E-state index >= 15 is 0 Å². The Morgan fingerprint density at radius 3 is 2.46 bits per heavy atom. The summed E-state index contributed by atoms with van der Waals surface area (Å²) in [6.07, 6.45) is 0.280. The standard InChI is InChI=1S/C20H14ClNO3S/c21-13-8-6-11(7-9-13)14-10-15(23)22-17-16(12-4-2-1-3-5-12)19(20(24)25)26-18(14)17/h1-9,14H,10H2,(H,22,23)(H,24,25). The fraction of sp³-hybridized carbons (Fsp3) is 0.100. The lowest BCUT2D eigenvalue weighted by Gasteiger charge is -2.24. The van der Waals surface area contributed by atoms with Crippen LogP contribution >= 0.6 is 22.9 Å². The Kier molecular flexibility index (Phi) is 4.26. The summed E-state index contributed by atoms with van der Waals surface area (Å²) in [5.41, 5.74) is 2.91. The molecule has 0 radical (unpaired) electrons. The van der Waals surface area contributed by atoms with Crippen molar-refractivity contribution in [3.63, 3.8) is 0 Å². The van der Waals surface area contributed by atoms with Crippen molar-refractivity contribution in [3.05, 3.63) is 74.9 Å². The van der Waals surface area contributed by atoms with Gasteiger partial charge in [0.05, 0.1) is 5.69 Å². The molecule has 0 fully saturated rings. The van der Waals surface area contributed by atoms with Gasteiger partial charge in [-0.25, -0.2) is 4.79 Å². The summed E-state index contributed by atoms with van der Waals surface area (Å²) in [6.45, 7) is 0. The number of benzene rings is 2. The van der Waals surface area contributed by atoms with Gasteiger partial charge in [0.25, 0.3) is 0 Å². The van der Waals surface area contributed by atoms with Crippen LogP contribution in [0.15, 0.2) is 54.6 Å². The minimum atomic E-state index is -0.993. The molecule has 0 aliphatic carbocycles. The third kappa shape index (κ3) is 2.89. The van der Waals surface area contributed by atoms with Gasteiger partial charge in [-0.05, 0) is 23.3 Å². The highest BCUT2D eigenvalue weighted by Crippen LogP contribution is 2.49. The van der Waals surface area contributed by atoms with Crippen molar-refractivity contribution in [3.8, 4) is 11.1 Å². The van der Waals surface area contributed by atoms with Crippen LogP contribution in [0, 0.1) is 0 Å². The number of hydrogen-bond donors (Lipinski definition) is 2. The van der Waals surface area contributed by atoms with Crippen LogP contribution < -0.4 is 5.32 Å². The first-order valence-electron chi connectivity index (χ1n) is 8.05. The van der Waals surface area contributed by atoms with Crippen LogP contribution in [0.1, 0.15) is 32.5 Å². The van der Waals surface area contributed by atoms with E-state index in [4.69, 9.17) is 11.6 Å². The van der Waals surface area contributed by atoms with E-state index in [-0.39, 0.29) is 23.1 Å². The van der Waals surface area contributed by atoms with Crippen LogP contribution in [-0.4, -0.2) is 17.0 Å². The molecule has 4 nitrogen and oxygen atoms in total. The monoisotopic (exact) mass is 383 g/mol. The Labute approximate surface area is 159 Å². The lowest BCUT2D eigenvalue weighted by atomic mass is 9.89. The molecule has 0 saturated heterocycles. The van der Waals surface area contributed by atoms with Crippen LogP contribution in [0.5, 0.6) is 0 Å². The van der Waals surface area contributed by atoms with Crippen molar-refractivity contribution in [2.45, 2.75) is 12.3 Å². The quantitative estimate of drug-likeness (QED) is 0.649. The Bertz CT molecular complexity index is 996. The molecule has 26 heavy (non-hydrogen) atoms. The van der Waals surface area contributed by atoms with Crippen molar-refractivity contribution >= 4 is 40.5 Å². The van der Waals surface area contributed by atoms with Crippen LogP contribution in [0.2, 0.25) is 5.02 Å². The predicted molar refractivity (Wildman–Crippen MR) is 103 cm³/mol. The summed E-state index contributed by atoms with van der Waals surface area (Å²) in [4.78, 5) is 25.3. The lowest BCUT2D eigenvalue weighted by Crippen LogP contribution is -2.22. The van der Waals surface area contributed by atoms with E-state index in [0.717, 1.165) is 16.0 Å². The molecule has 1 aliphatic rings. The maximum Gasteiger partial charge on any atom is 0.346 e. The van der Waals surface area contributed by atoms with Gasteiger partial charge in [-0.3, -0.25) is 4.79 Å². The highest BCUT2D eigenvalue weighted by molar-refractivity contribution is 7.15. The third-order valence-electron chi connectivity index (χ3n) is 4.43. The zero-order valence-electron chi connectivity index (χ0n) is 13.5. The lowest BCUT2D eigenvalue weighted by molar-refractivity contribution is -0.116. The number of carboxylic acids is 1. The van der Waals surface area contributed by atoms with Gasteiger partial charge in [0.15, 0.2) is 0 Å². The Morgan fingerprint density at radius 2 is 1.81 bits per heavy atom. The molecule has 0 bridgehead atoms. The molecule has 3 aromatic rings. The Hall–Kier alpha value is -2.63. The second kappa shape index (κ2) is 6.59. The highest BCUT2D eigenvalue weighted by Gasteiger charge is 2.34. The first kappa shape index (κ1) is 16.8. The molecule has 0 saturated carbocycles. The number of aromatic carboxylic acids is 1. The second-order valence-corrected chi connectivity index (χ2v) is 7.56. The van der Waals surface area contributed by atoms with Gasteiger partial charge in [0.1, 0.15) is 4.88 Å². The molecular weight excluding hydrogens is 370 g/mol. The molecule has 6 heteroatoms. The zero-order valence-corrected chi connectivity index (χ0v) is 15.1. The summed E-state index contributed by atoms with van der Waals surface area (Å²) in [7, 11) is 0. The molecule has 2 aromatic carbocycles. The first-order valence-corrected chi connectivity index (χ1v) is 9.24. The van der Waals surface area contributed by atoms with Crippen molar-refractivity contribution in [1.29, 1.82) is 0 Å². The molecule has 1 aliphatic heterocycles. The molecular formula is C20H14ClNO3S. The van der Waals surface area contributed by atoms with Crippen LogP contribution in [0.4, 0.5) is 5.69 Å². The maximum atomic E-state index is 12.4. The van der Waals surface area contributed by atoms with Gasteiger partial charge in [0, 0.05) is 27.8 Å². The number of nitrogens with one attached hydrogen (secondary N) is 1. The zero-order chi connectivity index (χ0) is 18.3. The van der Waals surface area contributed by atoms with Gasteiger partial charge in [-0.1, -0.05) is 54.1 Å². The molecule has 1 aromatic heterocycles. The maximum absolute atomic E-state index is 12.4. The number of halogens is 1. The highest BCUT2D eigenvalue weighted by atomic mass is 35.5. The predicted octanol–water partition coefficient (Wildman–Crippen LogP) is 5.24. The fourth-order valence-corrected chi connectivity index (χ4v) is 4.65. The number of amides is 1. The van der Waals surface area contributed by atoms with E-state index in [1.165, 1.54) is 11.3 Å².